The van der Waals surface area contributed by atoms with Crippen LogP contribution in [0.3, 0.4) is 0 Å². The van der Waals surface area contributed by atoms with Gasteiger partial charge in [0.15, 0.2) is 5.88 Å². The number of rotatable bonds is 4. The summed E-state index contributed by atoms with van der Waals surface area (Å²) in [7, 11) is 0. The normalized spacial score (nSPS) is 14.8. The number of hydrogen-bond donors (Lipinski definition) is 0. The molecule has 26 heavy (non-hydrogen) atoms. The van der Waals surface area contributed by atoms with Crippen molar-refractivity contribution in [3.8, 4) is 0 Å². The predicted molar refractivity (Wildman–Crippen MR) is 106 cm³/mol. The maximum Gasteiger partial charge on any atom is 0.282 e. The molecule has 3 aromatic rings. The zero-order chi connectivity index (χ0) is 18.1. The molecular formula is C19H19BrN4O2. The lowest BCUT2D eigenvalue weighted by Gasteiger charge is -2.12. The molecule has 0 unspecified atom stereocenters. The van der Waals surface area contributed by atoms with Gasteiger partial charge in [0.05, 0.1) is 17.1 Å². The van der Waals surface area contributed by atoms with Crippen LogP contribution in [-0.2, 0) is 6.42 Å². The van der Waals surface area contributed by atoms with E-state index in [1.807, 2.05) is 31.2 Å². The summed E-state index contributed by atoms with van der Waals surface area (Å²) in [6.07, 6.45) is 4.57. The topological polar surface area (TPSA) is 63.6 Å². The summed E-state index contributed by atoms with van der Waals surface area (Å²) in [5.74, 6) is 2.09. The largest absolute Gasteiger partial charge is 0.440 e. The summed E-state index contributed by atoms with van der Waals surface area (Å²) in [5, 5.41) is 4.89. The Kier molecular flexibility index (Phi) is 4.63. The number of aryl methyl sites for hydroxylation is 1. The van der Waals surface area contributed by atoms with Crippen LogP contribution in [0.5, 0.6) is 0 Å². The molecule has 134 valence electrons. The molecule has 1 fully saturated rings. The number of halogens is 1. The van der Waals surface area contributed by atoms with Crippen molar-refractivity contribution >= 4 is 38.9 Å². The van der Waals surface area contributed by atoms with Gasteiger partial charge in [0, 0.05) is 30.0 Å². The number of benzene rings is 1. The van der Waals surface area contributed by atoms with Crippen molar-refractivity contribution in [1.29, 1.82) is 0 Å². The van der Waals surface area contributed by atoms with Crippen molar-refractivity contribution < 1.29 is 4.42 Å². The Bertz CT molecular complexity index is 1030. The molecular weight excluding hydrogens is 396 g/mol. The summed E-state index contributed by atoms with van der Waals surface area (Å²) >= 11 is 3.40. The van der Waals surface area contributed by atoms with Gasteiger partial charge in [-0.2, -0.15) is 9.78 Å². The van der Waals surface area contributed by atoms with E-state index in [0.29, 0.717) is 28.9 Å². The third-order valence-electron chi connectivity index (χ3n) is 4.52. The average Bonchev–Trinajstić information content (AvgIpc) is 3.32. The first-order chi connectivity index (χ1) is 12.7. The van der Waals surface area contributed by atoms with E-state index in [9.17, 15) is 4.79 Å². The molecule has 1 aliphatic rings. The first-order valence-electron chi connectivity index (χ1n) is 8.76. The fourth-order valence-corrected chi connectivity index (χ4v) is 3.54. The molecule has 1 saturated heterocycles. The van der Waals surface area contributed by atoms with Gasteiger partial charge in [-0.25, -0.2) is 4.98 Å². The van der Waals surface area contributed by atoms with Gasteiger partial charge in [-0.05, 0) is 37.1 Å². The van der Waals surface area contributed by atoms with Crippen molar-refractivity contribution in [1.82, 2.24) is 9.66 Å². The molecule has 1 aliphatic heterocycles. The van der Waals surface area contributed by atoms with Crippen LogP contribution in [0.1, 0.15) is 31.4 Å². The van der Waals surface area contributed by atoms with Crippen molar-refractivity contribution in [3.05, 3.63) is 56.7 Å². The molecule has 7 heteroatoms. The van der Waals surface area contributed by atoms with Crippen LogP contribution in [0, 0.1) is 0 Å². The second-order valence-electron chi connectivity index (χ2n) is 6.27. The minimum atomic E-state index is -0.185. The Morgan fingerprint density at radius 3 is 2.85 bits per heavy atom. The first kappa shape index (κ1) is 17.0. The van der Waals surface area contributed by atoms with Gasteiger partial charge in [-0.15, -0.1) is 0 Å². The molecule has 0 N–H and O–H groups in total. The van der Waals surface area contributed by atoms with Gasteiger partial charge in [-0.1, -0.05) is 22.9 Å². The molecule has 0 radical (unpaired) electrons. The van der Waals surface area contributed by atoms with Crippen LogP contribution in [0.15, 0.2) is 49.1 Å². The lowest BCUT2D eigenvalue weighted by Crippen LogP contribution is -2.22. The van der Waals surface area contributed by atoms with Crippen molar-refractivity contribution in [2.75, 3.05) is 18.0 Å². The lowest BCUT2D eigenvalue weighted by atomic mass is 10.2. The first-order valence-corrected chi connectivity index (χ1v) is 9.55. The minimum Gasteiger partial charge on any atom is -0.440 e. The maximum atomic E-state index is 12.8. The molecule has 4 rings (SSSR count). The van der Waals surface area contributed by atoms with Crippen molar-refractivity contribution in [2.45, 2.75) is 26.2 Å². The Morgan fingerprint density at radius 1 is 1.27 bits per heavy atom. The maximum absolute atomic E-state index is 12.8. The third-order valence-corrected chi connectivity index (χ3v) is 5.02. The summed E-state index contributed by atoms with van der Waals surface area (Å²) in [6.45, 7) is 4.00. The molecule has 0 bridgehead atoms. The number of aromatic nitrogens is 2. The van der Waals surface area contributed by atoms with Gasteiger partial charge in [0.1, 0.15) is 11.6 Å². The smallest absolute Gasteiger partial charge is 0.282 e. The third kappa shape index (κ3) is 3.19. The SMILES string of the molecule is CCc1nc2ccc(Br)cc2c(=O)n1N=Cc1ccc(N2CCCC2)o1. The summed E-state index contributed by atoms with van der Waals surface area (Å²) < 4.78 is 8.03. The van der Waals surface area contributed by atoms with Gasteiger partial charge < -0.3 is 9.32 Å². The molecule has 1 aromatic carbocycles. The van der Waals surface area contributed by atoms with E-state index in [1.165, 1.54) is 17.5 Å². The van der Waals surface area contributed by atoms with Gasteiger partial charge in [0.2, 0.25) is 0 Å². The molecule has 3 heterocycles. The molecule has 2 aromatic heterocycles. The zero-order valence-electron chi connectivity index (χ0n) is 14.5. The summed E-state index contributed by atoms with van der Waals surface area (Å²) in [4.78, 5) is 19.6. The van der Waals surface area contributed by atoms with Gasteiger partial charge in [0.25, 0.3) is 5.56 Å². The highest BCUT2D eigenvalue weighted by Gasteiger charge is 2.15. The van der Waals surface area contributed by atoms with Gasteiger partial charge in [-0.3, -0.25) is 4.79 Å². The van der Waals surface area contributed by atoms with Crippen LogP contribution >= 0.6 is 15.9 Å². The standard InChI is InChI=1S/C19H19BrN4O2/c1-2-17-22-16-7-5-13(20)11-15(16)19(25)24(17)21-12-14-6-8-18(26-14)23-9-3-4-10-23/h5-8,11-12H,2-4,9-10H2,1H3. The lowest BCUT2D eigenvalue weighted by molar-refractivity contribution is 0.549. The highest BCUT2D eigenvalue weighted by atomic mass is 79.9. The van der Waals surface area contributed by atoms with Crippen LogP contribution < -0.4 is 10.5 Å². The monoisotopic (exact) mass is 414 g/mol. The quantitative estimate of drug-likeness (QED) is 0.609. The fourth-order valence-electron chi connectivity index (χ4n) is 3.18. The highest BCUT2D eigenvalue weighted by molar-refractivity contribution is 9.10. The Morgan fingerprint density at radius 2 is 2.08 bits per heavy atom. The fraction of sp³-hybridized carbons (Fsp3) is 0.316. The molecule has 6 nitrogen and oxygen atoms in total. The Labute approximate surface area is 159 Å². The van der Waals surface area contributed by atoms with Crippen LogP contribution in [0.2, 0.25) is 0 Å². The van der Waals surface area contributed by atoms with Crippen LogP contribution in [-0.4, -0.2) is 29.0 Å². The summed E-state index contributed by atoms with van der Waals surface area (Å²) in [6, 6.07) is 9.31. The molecule has 0 aliphatic carbocycles. The zero-order valence-corrected chi connectivity index (χ0v) is 16.1. The Balaban J connectivity index is 1.70. The average molecular weight is 415 g/mol. The highest BCUT2D eigenvalue weighted by Crippen LogP contribution is 2.22. The second kappa shape index (κ2) is 7.07. The van der Waals surface area contributed by atoms with E-state index in [2.05, 4.69) is 30.9 Å². The minimum absolute atomic E-state index is 0.185. The number of fused-ring (bicyclic) bond motifs is 1. The van der Waals surface area contributed by atoms with E-state index in [1.54, 1.807) is 12.3 Å². The number of furan rings is 1. The van der Waals surface area contributed by atoms with Crippen molar-refractivity contribution in [2.24, 2.45) is 5.10 Å². The van der Waals surface area contributed by atoms with Crippen molar-refractivity contribution in [3.63, 3.8) is 0 Å². The van der Waals surface area contributed by atoms with E-state index in [4.69, 9.17) is 4.42 Å². The Hall–Kier alpha value is -2.41. The number of anilines is 1. The molecule has 0 saturated carbocycles. The van der Waals surface area contributed by atoms with E-state index < -0.39 is 0 Å². The summed E-state index contributed by atoms with van der Waals surface area (Å²) in [5.41, 5.74) is 0.492. The number of hydrogen-bond acceptors (Lipinski definition) is 5. The van der Waals surface area contributed by atoms with Gasteiger partial charge >= 0.3 is 0 Å². The van der Waals surface area contributed by atoms with E-state index >= 15 is 0 Å². The van der Waals surface area contributed by atoms with E-state index in [-0.39, 0.29) is 5.56 Å². The predicted octanol–water partition coefficient (Wildman–Crippen LogP) is 3.80. The van der Waals surface area contributed by atoms with Crippen LogP contribution in [0.4, 0.5) is 5.88 Å². The van der Waals surface area contributed by atoms with E-state index in [0.717, 1.165) is 23.4 Å². The molecule has 0 amide bonds. The molecule has 0 spiro atoms. The molecule has 0 atom stereocenters. The number of nitrogens with zero attached hydrogens (tertiary/aromatic N) is 4. The van der Waals surface area contributed by atoms with Crippen LogP contribution in [0.25, 0.3) is 10.9 Å². The second-order valence-corrected chi connectivity index (χ2v) is 7.19.